The van der Waals surface area contributed by atoms with E-state index in [-0.39, 0.29) is 17.7 Å². The lowest BCUT2D eigenvalue weighted by molar-refractivity contribution is 0.0997. The topological polar surface area (TPSA) is 60.4 Å². The zero-order valence-corrected chi connectivity index (χ0v) is 14.3. The van der Waals surface area contributed by atoms with Gasteiger partial charge in [0.2, 0.25) is 0 Å². The molecule has 0 bridgehead atoms. The second kappa shape index (κ2) is 7.03. The Hall–Kier alpha value is -2.03. The van der Waals surface area contributed by atoms with Crippen molar-refractivity contribution in [2.45, 2.75) is 20.8 Å². The van der Waals surface area contributed by atoms with Crippen molar-refractivity contribution >= 4 is 18.4 Å². The van der Waals surface area contributed by atoms with Crippen LogP contribution < -0.4 is 0 Å². The van der Waals surface area contributed by atoms with E-state index in [1.54, 1.807) is 55.5 Å². The van der Waals surface area contributed by atoms with Crippen LogP contribution in [-0.2, 0) is 9.09 Å². The third kappa shape index (κ3) is 3.66. The number of carbonyl (C=O) groups is 2. The molecule has 0 heterocycles. The summed E-state index contributed by atoms with van der Waals surface area (Å²) in [6, 6.07) is 13.2. The molecule has 0 radical (unpaired) electrons. The molecule has 0 saturated carbocycles. The first-order valence-electron chi connectivity index (χ1n) is 7.36. The van der Waals surface area contributed by atoms with Gasteiger partial charge in [0.05, 0.1) is 6.61 Å². The van der Waals surface area contributed by atoms with Gasteiger partial charge in [-0.15, -0.1) is 0 Å². The maximum Gasteiger partial charge on any atom is 0.340 e. The molecule has 0 fully saturated rings. The molecule has 0 spiro atoms. The largest absolute Gasteiger partial charge is 0.340 e. The maximum absolute atomic E-state index is 13.1. The molecule has 0 amide bonds. The predicted octanol–water partition coefficient (Wildman–Crippen LogP) is 4.60. The standard InChI is InChI=1S/C18H19O4P/c1-4-22-23(21,17(19)15-9-5-13(2)6-10-15)18(20)16-11-7-14(3)8-12-16/h5-12H,4H2,1-3H3. The summed E-state index contributed by atoms with van der Waals surface area (Å²) in [4.78, 5) is 25.3. The Balaban J connectivity index is 2.43. The summed E-state index contributed by atoms with van der Waals surface area (Å²) in [6.07, 6.45) is 0. The van der Waals surface area contributed by atoms with Gasteiger partial charge < -0.3 is 4.52 Å². The monoisotopic (exact) mass is 330 g/mol. The van der Waals surface area contributed by atoms with E-state index in [0.717, 1.165) is 11.1 Å². The molecule has 0 aliphatic heterocycles. The van der Waals surface area contributed by atoms with Gasteiger partial charge in [0.25, 0.3) is 11.0 Å². The fourth-order valence-corrected chi connectivity index (χ4v) is 3.88. The average Bonchev–Trinajstić information content (AvgIpc) is 2.55. The molecule has 5 heteroatoms. The summed E-state index contributed by atoms with van der Waals surface area (Å²) < 4.78 is 18.2. The van der Waals surface area contributed by atoms with Gasteiger partial charge >= 0.3 is 7.37 Å². The first-order chi connectivity index (χ1) is 10.9. The molecule has 0 N–H and O–H groups in total. The fourth-order valence-electron chi connectivity index (χ4n) is 2.12. The third-order valence-electron chi connectivity index (χ3n) is 3.44. The minimum atomic E-state index is -4.15. The summed E-state index contributed by atoms with van der Waals surface area (Å²) in [5, 5.41) is 0. The van der Waals surface area contributed by atoms with Crippen molar-refractivity contribution in [3.8, 4) is 0 Å². The van der Waals surface area contributed by atoms with Crippen molar-refractivity contribution in [2.24, 2.45) is 0 Å². The Morgan fingerprint density at radius 2 is 1.17 bits per heavy atom. The van der Waals surface area contributed by atoms with Gasteiger partial charge in [0.1, 0.15) is 0 Å². The van der Waals surface area contributed by atoms with E-state index in [1.165, 1.54) is 0 Å². The van der Waals surface area contributed by atoms with Crippen molar-refractivity contribution in [3.63, 3.8) is 0 Å². The van der Waals surface area contributed by atoms with Crippen LogP contribution in [0.2, 0.25) is 0 Å². The van der Waals surface area contributed by atoms with Crippen LogP contribution in [0.5, 0.6) is 0 Å². The molecule has 2 rings (SSSR count). The van der Waals surface area contributed by atoms with Crippen LogP contribution in [-0.4, -0.2) is 17.7 Å². The summed E-state index contributed by atoms with van der Waals surface area (Å²) in [5.74, 6) is 0. The SMILES string of the molecule is CCOP(=O)(C(=O)c1ccc(C)cc1)C(=O)c1ccc(C)cc1. The molecular weight excluding hydrogens is 311 g/mol. The second-order valence-corrected chi connectivity index (χ2v) is 7.49. The third-order valence-corrected chi connectivity index (χ3v) is 5.65. The zero-order valence-electron chi connectivity index (χ0n) is 13.4. The van der Waals surface area contributed by atoms with Gasteiger partial charge in [0, 0.05) is 11.1 Å². The Bertz CT molecular complexity index is 699. The molecule has 120 valence electrons. The summed E-state index contributed by atoms with van der Waals surface area (Å²) in [7, 11) is -4.15. The lowest BCUT2D eigenvalue weighted by Crippen LogP contribution is -2.13. The van der Waals surface area contributed by atoms with E-state index in [1.807, 2.05) is 13.8 Å². The molecule has 0 unspecified atom stereocenters. The van der Waals surface area contributed by atoms with Gasteiger partial charge in [-0.05, 0) is 20.8 Å². The molecular formula is C18H19O4P. The van der Waals surface area contributed by atoms with Gasteiger partial charge in [-0.25, -0.2) is 0 Å². The number of aryl methyl sites for hydroxylation is 2. The van der Waals surface area contributed by atoms with Crippen LogP contribution in [0.3, 0.4) is 0 Å². The fraction of sp³-hybridized carbons (Fsp3) is 0.222. The van der Waals surface area contributed by atoms with E-state index in [4.69, 9.17) is 4.52 Å². The summed E-state index contributed by atoms with van der Waals surface area (Å²) in [6.45, 7) is 5.39. The molecule has 0 saturated heterocycles. The Morgan fingerprint density at radius 1 is 0.826 bits per heavy atom. The van der Waals surface area contributed by atoms with Crippen molar-refractivity contribution < 1.29 is 18.7 Å². The zero-order chi connectivity index (χ0) is 17.0. The lowest BCUT2D eigenvalue weighted by Gasteiger charge is -2.15. The normalized spacial score (nSPS) is 11.3. The van der Waals surface area contributed by atoms with Crippen molar-refractivity contribution in [1.82, 2.24) is 0 Å². The second-order valence-electron chi connectivity index (χ2n) is 5.31. The molecule has 4 nitrogen and oxygen atoms in total. The van der Waals surface area contributed by atoms with Gasteiger partial charge in [-0.1, -0.05) is 59.7 Å². The molecule has 2 aromatic carbocycles. The molecule has 0 aromatic heterocycles. The summed E-state index contributed by atoms with van der Waals surface area (Å²) >= 11 is 0. The van der Waals surface area contributed by atoms with Crippen molar-refractivity contribution in [2.75, 3.05) is 6.61 Å². The number of hydrogen-bond acceptors (Lipinski definition) is 4. The molecule has 0 atom stereocenters. The number of carbonyl (C=O) groups excluding carboxylic acids is 2. The molecule has 0 aliphatic carbocycles. The molecule has 0 aliphatic rings. The van der Waals surface area contributed by atoms with Crippen molar-refractivity contribution in [1.29, 1.82) is 0 Å². The van der Waals surface area contributed by atoms with E-state index in [2.05, 4.69) is 0 Å². The lowest BCUT2D eigenvalue weighted by atomic mass is 10.2. The smallest absolute Gasteiger partial charge is 0.318 e. The van der Waals surface area contributed by atoms with Gasteiger partial charge in [-0.3, -0.25) is 14.2 Å². The van der Waals surface area contributed by atoms with Crippen LogP contribution in [0.25, 0.3) is 0 Å². The van der Waals surface area contributed by atoms with Crippen LogP contribution in [0.1, 0.15) is 38.8 Å². The van der Waals surface area contributed by atoms with Crippen LogP contribution in [0, 0.1) is 13.8 Å². The Labute approximate surface area is 135 Å². The number of rotatable bonds is 6. The minimum absolute atomic E-state index is 0.0203. The van der Waals surface area contributed by atoms with Crippen LogP contribution in [0.4, 0.5) is 0 Å². The highest BCUT2D eigenvalue weighted by Crippen LogP contribution is 2.52. The first kappa shape index (κ1) is 17.3. The van der Waals surface area contributed by atoms with E-state index >= 15 is 0 Å². The predicted molar refractivity (Wildman–Crippen MR) is 90.3 cm³/mol. The summed E-state index contributed by atoms with van der Waals surface area (Å²) in [5.41, 5.74) is 0.853. The van der Waals surface area contributed by atoms with Crippen LogP contribution >= 0.6 is 7.37 Å². The van der Waals surface area contributed by atoms with Gasteiger partial charge in [0.15, 0.2) is 0 Å². The first-order valence-corrected chi connectivity index (χ1v) is 8.98. The minimum Gasteiger partial charge on any atom is -0.318 e. The van der Waals surface area contributed by atoms with Crippen molar-refractivity contribution in [3.05, 3.63) is 70.8 Å². The van der Waals surface area contributed by atoms with Gasteiger partial charge in [-0.2, -0.15) is 0 Å². The highest BCUT2D eigenvalue weighted by Gasteiger charge is 2.42. The Kier molecular flexibility index (Phi) is 5.30. The highest BCUT2D eigenvalue weighted by atomic mass is 31.2. The van der Waals surface area contributed by atoms with E-state index in [9.17, 15) is 14.2 Å². The molecule has 23 heavy (non-hydrogen) atoms. The Morgan fingerprint density at radius 3 is 1.48 bits per heavy atom. The van der Waals surface area contributed by atoms with E-state index < -0.39 is 18.4 Å². The number of benzene rings is 2. The number of hydrogen-bond donors (Lipinski definition) is 0. The molecule has 2 aromatic rings. The van der Waals surface area contributed by atoms with Crippen LogP contribution in [0.15, 0.2) is 48.5 Å². The highest BCUT2D eigenvalue weighted by molar-refractivity contribution is 7.91. The average molecular weight is 330 g/mol. The van der Waals surface area contributed by atoms with E-state index in [0.29, 0.717) is 0 Å². The maximum atomic E-state index is 13.1. The quantitative estimate of drug-likeness (QED) is 0.726.